The van der Waals surface area contributed by atoms with Crippen molar-refractivity contribution in [3.8, 4) is 22.3 Å². The molecule has 0 heterocycles. The lowest BCUT2D eigenvalue weighted by Crippen LogP contribution is -2.29. The van der Waals surface area contributed by atoms with E-state index in [1.54, 1.807) is 0 Å². The van der Waals surface area contributed by atoms with E-state index in [0.29, 0.717) is 0 Å². The Morgan fingerprint density at radius 2 is 0.863 bits per heavy atom. The lowest BCUT2D eigenvalue weighted by Gasteiger charge is -2.35. The second-order valence-corrected chi connectivity index (χ2v) is 12.9. The zero-order chi connectivity index (χ0) is 34.6. The first kappa shape index (κ1) is 31.8. The average Bonchev–Trinajstić information content (AvgIpc) is 3.49. The molecule has 0 aliphatic heterocycles. The molecule has 0 saturated carbocycles. The van der Waals surface area contributed by atoms with E-state index in [2.05, 4.69) is 219 Å². The normalized spacial score (nSPS) is 15.2. The van der Waals surface area contributed by atoms with Gasteiger partial charge < -0.3 is 4.90 Å². The molecule has 0 radical (unpaired) electrons. The number of nitrogens with zero attached hydrogens (tertiary/aromatic N) is 1. The van der Waals surface area contributed by atoms with Crippen molar-refractivity contribution in [3.05, 3.63) is 241 Å². The molecule has 51 heavy (non-hydrogen) atoms. The Morgan fingerprint density at radius 3 is 1.35 bits per heavy atom. The summed E-state index contributed by atoms with van der Waals surface area (Å²) in [6, 6.07) is 67.8. The number of hydrogen-bond acceptors (Lipinski definition) is 1. The molecule has 0 aromatic heterocycles. The van der Waals surface area contributed by atoms with Crippen molar-refractivity contribution >= 4 is 22.6 Å². The van der Waals surface area contributed by atoms with Crippen molar-refractivity contribution < 1.29 is 0 Å². The Labute approximate surface area is 301 Å². The van der Waals surface area contributed by atoms with E-state index in [-0.39, 0.29) is 0 Å². The third-order valence-electron chi connectivity index (χ3n) is 10.1. The fraction of sp³-hybridized carbons (Fsp3) is 0.0400. The molecular formula is C50H39N. The van der Waals surface area contributed by atoms with Gasteiger partial charge in [-0.3, -0.25) is 0 Å². The van der Waals surface area contributed by atoms with Crippen LogP contribution in [0.1, 0.15) is 29.2 Å². The second-order valence-electron chi connectivity index (χ2n) is 12.9. The highest BCUT2D eigenvalue weighted by Crippen LogP contribution is 2.55. The molecule has 8 rings (SSSR count). The number of anilines is 3. The summed E-state index contributed by atoms with van der Waals surface area (Å²) in [4.78, 5) is 2.35. The number of hydrogen-bond donors (Lipinski definition) is 0. The summed E-state index contributed by atoms with van der Waals surface area (Å²) in [7, 11) is 0. The molecular weight excluding hydrogens is 615 g/mol. The monoisotopic (exact) mass is 653 g/mol. The second kappa shape index (κ2) is 13.8. The quantitative estimate of drug-likeness (QED) is 0.150. The van der Waals surface area contributed by atoms with Gasteiger partial charge in [0.2, 0.25) is 0 Å². The fourth-order valence-corrected chi connectivity index (χ4v) is 7.79. The van der Waals surface area contributed by atoms with Crippen molar-refractivity contribution in [3.63, 3.8) is 0 Å². The zero-order valence-corrected chi connectivity index (χ0v) is 28.8. The van der Waals surface area contributed by atoms with Crippen molar-refractivity contribution in [1.29, 1.82) is 0 Å². The molecule has 1 nitrogen and oxygen atoms in total. The molecule has 0 spiro atoms. The topological polar surface area (TPSA) is 3.24 Å². The summed E-state index contributed by atoms with van der Waals surface area (Å²) in [6.45, 7) is 6.38. The molecule has 1 aliphatic rings. The van der Waals surface area contributed by atoms with Crippen LogP contribution in [0, 0.1) is 0 Å². The van der Waals surface area contributed by atoms with E-state index >= 15 is 0 Å². The van der Waals surface area contributed by atoms with Crippen molar-refractivity contribution in [2.75, 3.05) is 4.90 Å². The molecule has 1 atom stereocenters. The number of allylic oxidation sites excluding steroid dienone is 5. The first-order valence-corrected chi connectivity index (χ1v) is 17.6. The molecule has 0 amide bonds. The molecule has 0 N–H and O–H groups in total. The molecule has 7 aromatic carbocycles. The van der Waals surface area contributed by atoms with E-state index in [0.717, 1.165) is 17.1 Å². The van der Waals surface area contributed by atoms with Crippen LogP contribution in [0.4, 0.5) is 17.1 Å². The van der Waals surface area contributed by atoms with Crippen LogP contribution in [0.25, 0.3) is 27.8 Å². The Morgan fingerprint density at radius 1 is 0.451 bits per heavy atom. The van der Waals surface area contributed by atoms with E-state index in [1.807, 2.05) is 6.08 Å². The summed E-state index contributed by atoms with van der Waals surface area (Å²) in [5, 5.41) is 0. The minimum absolute atomic E-state index is 0.494. The van der Waals surface area contributed by atoms with Crippen LogP contribution in [-0.2, 0) is 5.41 Å². The molecule has 0 fully saturated rings. The number of rotatable bonds is 9. The largest absolute Gasteiger partial charge is 0.311 e. The first-order chi connectivity index (χ1) is 25.2. The molecule has 1 heteroatoms. The highest BCUT2D eigenvalue weighted by molar-refractivity contribution is 5.92. The van der Waals surface area contributed by atoms with Crippen molar-refractivity contribution in [1.82, 2.24) is 0 Å². The van der Waals surface area contributed by atoms with Crippen LogP contribution in [0.15, 0.2) is 218 Å². The van der Waals surface area contributed by atoms with Gasteiger partial charge in [0.05, 0.1) is 5.41 Å². The van der Waals surface area contributed by atoms with E-state index < -0.39 is 5.41 Å². The Hall–Kier alpha value is -6.44. The molecule has 1 aliphatic carbocycles. The molecule has 7 aromatic rings. The lowest BCUT2D eigenvalue weighted by atomic mass is 9.66. The average molecular weight is 654 g/mol. The van der Waals surface area contributed by atoms with Crippen LogP contribution in [0.5, 0.6) is 0 Å². The Kier molecular flexibility index (Phi) is 8.62. The molecule has 0 saturated heterocycles. The molecule has 1 unspecified atom stereocenters. The van der Waals surface area contributed by atoms with E-state index in [4.69, 9.17) is 0 Å². The van der Waals surface area contributed by atoms with Gasteiger partial charge in [0, 0.05) is 17.1 Å². The van der Waals surface area contributed by atoms with Crippen LogP contribution in [0.2, 0.25) is 0 Å². The molecule has 244 valence electrons. The third-order valence-corrected chi connectivity index (χ3v) is 10.1. The summed E-state index contributed by atoms with van der Waals surface area (Å²) in [6.07, 6.45) is 6.44. The smallest absolute Gasteiger partial charge is 0.0713 e. The van der Waals surface area contributed by atoms with Crippen LogP contribution in [0.3, 0.4) is 0 Å². The first-order valence-electron chi connectivity index (χ1n) is 17.6. The van der Waals surface area contributed by atoms with Gasteiger partial charge in [-0.1, -0.05) is 176 Å². The Bertz CT molecular complexity index is 2250. The number of fused-ring (bicyclic) bond motifs is 1. The predicted molar refractivity (Wildman–Crippen MR) is 217 cm³/mol. The summed E-state index contributed by atoms with van der Waals surface area (Å²) < 4.78 is 0. The number of benzene rings is 7. The zero-order valence-electron chi connectivity index (χ0n) is 28.8. The van der Waals surface area contributed by atoms with Gasteiger partial charge in [-0.25, -0.2) is 0 Å². The minimum Gasteiger partial charge on any atom is -0.311 e. The summed E-state index contributed by atoms with van der Waals surface area (Å²) in [5.41, 5.74) is 15.0. The van der Waals surface area contributed by atoms with Crippen LogP contribution in [-0.4, -0.2) is 0 Å². The van der Waals surface area contributed by atoms with Crippen LogP contribution >= 0.6 is 0 Å². The standard InChI is InChI=1S/C50H39N/c1-3-16-48-46(4-2)47-23-14-15-24-49(47)50(48,41-21-12-7-13-22-41)42-29-35-45(36-30-42)51(43-31-25-39(26-32-43)37-17-8-5-9-18-37)44-33-27-40(28-34-44)38-19-10-6-11-20-38/h3-36H,2H2,1H3/b16-3-. The molecule has 0 bridgehead atoms. The predicted octanol–water partition coefficient (Wildman–Crippen LogP) is 13.4. The van der Waals surface area contributed by atoms with Gasteiger partial charge in [0.15, 0.2) is 0 Å². The van der Waals surface area contributed by atoms with Gasteiger partial charge >= 0.3 is 0 Å². The maximum Gasteiger partial charge on any atom is 0.0713 e. The van der Waals surface area contributed by atoms with Gasteiger partial charge in [0.1, 0.15) is 0 Å². The Balaban J connectivity index is 1.28. The highest BCUT2D eigenvalue weighted by Gasteiger charge is 2.46. The van der Waals surface area contributed by atoms with Crippen molar-refractivity contribution in [2.24, 2.45) is 0 Å². The van der Waals surface area contributed by atoms with Crippen LogP contribution < -0.4 is 4.90 Å². The summed E-state index contributed by atoms with van der Waals surface area (Å²) in [5.74, 6) is 0. The SMILES string of the molecule is C=CC1=C(/C=C\C)C(c2ccccc2)(c2ccc(N(c3ccc(-c4ccccc4)cc3)c3ccc(-c4ccccc4)cc3)cc2)c2ccccc21. The maximum absolute atomic E-state index is 4.28. The van der Waals surface area contributed by atoms with Crippen molar-refractivity contribution in [2.45, 2.75) is 12.3 Å². The maximum atomic E-state index is 4.28. The van der Waals surface area contributed by atoms with Gasteiger partial charge in [0.25, 0.3) is 0 Å². The minimum atomic E-state index is -0.494. The van der Waals surface area contributed by atoms with E-state index in [1.165, 1.54) is 55.7 Å². The summed E-state index contributed by atoms with van der Waals surface area (Å²) >= 11 is 0. The van der Waals surface area contributed by atoms with E-state index in [9.17, 15) is 0 Å². The highest BCUT2D eigenvalue weighted by atomic mass is 15.1. The van der Waals surface area contributed by atoms with Gasteiger partial charge in [-0.15, -0.1) is 0 Å². The lowest BCUT2D eigenvalue weighted by molar-refractivity contribution is 0.761. The third kappa shape index (κ3) is 5.63. The fourth-order valence-electron chi connectivity index (χ4n) is 7.79. The van der Waals surface area contributed by atoms with Gasteiger partial charge in [-0.05, 0) is 99.0 Å². The van der Waals surface area contributed by atoms with Gasteiger partial charge in [-0.2, -0.15) is 0 Å².